The van der Waals surface area contributed by atoms with Gasteiger partial charge in [0.2, 0.25) is 0 Å². The average molecular weight is 218 g/mol. The highest BCUT2D eigenvalue weighted by Crippen LogP contribution is 2.10. The number of carbonyl (C=O) groups is 1. The molecule has 0 radical (unpaired) electrons. The Kier molecular flexibility index (Phi) is 4.58. The second-order valence-corrected chi connectivity index (χ2v) is 3.75. The molecule has 0 saturated carbocycles. The minimum absolute atomic E-state index is 0.0695. The van der Waals surface area contributed by atoms with E-state index < -0.39 is 0 Å². The second kappa shape index (κ2) is 5.95. The third-order valence-electron chi connectivity index (χ3n) is 2.19. The highest BCUT2D eigenvalue weighted by molar-refractivity contribution is 5.95. The molecule has 1 aromatic carbocycles. The first-order valence-electron chi connectivity index (χ1n) is 5.40. The Balaban J connectivity index is 2.59. The maximum absolute atomic E-state index is 11.7. The van der Waals surface area contributed by atoms with Crippen molar-refractivity contribution >= 4 is 11.6 Å². The Morgan fingerprint density at radius 1 is 1.44 bits per heavy atom. The predicted octanol–water partition coefficient (Wildman–Crippen LogP) is 2.27. The lowest BCUT2D eigenvalue weighted by Crippen LogP contribution is -2.24. The molecule has 86 valence electrons. The molecule has 0 heterocycles. The molecule has 0 aromatic heterocycles. The molecule has 3 nitrogen and oxygen atoms in total. The third-order valence-corrected chi connectivity index (χ3v) is 2.19. The Hall–Kier alpha value is -1.77. The zero-order valence-electron chi connectivity index (χ0n) is 9.79. The van der Waals surface area contributed by atoms with Crippen molar-refractivity contribution in [1.82, 2.24) is 5.32 Å². The highest BCUT2D eigenvalue weighted by Gasteiger charge is 2.05. The largest absolute Gasteiger partial charge is 0.399 e. The van der Waals surface area contributed by atoms with Crippen LogP contribution in [0.25, 0.3) is 0 Å². The summed E-state index contributed by atoms with van der Waals surface area (Å²) >= 11 is 0. The average Bonchev–Trinajstić information content (AvgIpc) is 2.22. The van der Waals surface area contributed by atoms with Gasteiger partial charge in [-0.15, -0.1) is 0 Å². The van der Waals surface area contributed by atoms with Crippen LogP contribution in [0.5, 0.6) is 0 Å². The Morgan fingerprint density at radius 2 is 2.19 bits per heavy atom. The van der Waals surface area contributed by atoms with Crippen LogP contribution in [0.4, 0.5) is 5.69 Å². The van der Waals surface area contributed by atoms with E-state index in [1.807, 2.05) is 38.1 Å². The summed E-state index contributed by atoms with van der Waals surface area (Å²) in [6, 6.07) is 5.37. The number of nitrogens with two attached hydrogens (primary N) is 1. The van der Waals surface area contributed by atoms with E-state index in [0.717, 1.165) is 12.0 Å². The number of carbonyl (C=O) groups excluding carboxylic acids is 1. The van der Waals surface area contributed by atoms with Crippen LogP contribution >= 0.6 is 0 Å². The molecule has 0 atom stereocenters. The van der Waals surface area contributed by atoms with E-state index in [4.69, 9.17) is 5.73 Å². The van der Waals surface area contributed by atoms with E-state index in [-0.39, 0.29) is 5.91 Å². The van der Waals surface area contributed by atoms with Gasteiger partial charge in [0.25, 0.3) is 5.91 Å². The van der Waals surface area contributed by atoms with Gasteiger partial charge in [0, 0.05) is 17.8 Å². The molecular formula is C13H18N2O. The number of nitrogen functional groups attached to an aromatic ring is 1. The van der Waals surface area contributed by atoms with Crippen molar-refractivity contribution in [3.63, 3.8) is 0 Å². The maximum atomic E-state index is 11.7. The number of hydrogen-bond donors (Lipinski definition) is 2. The molecule has 0 aliphatic rings. The second-order valence-electron chi connectivity index (χ2n) is 3.75. The van der Waals surface area contributed by atoms with E-state index in [9.17, 15) is 4.79 Å². The van der Waals surface area contributed by atoms with E-state index in [0.29, 0.717) is 17.8 Å². The summed E-state index contributed by atoms with van der Waals surface area (Å²) in [7, 11) is 0. The van der Waals surface area contributed by atoms with Gasteiger partial charge in [-0.3, -0.25) is 4.79 Å². The molecule has 16 heavy (non-hydrogen) atoms. The number of benzene rings is 1. The normalized spacial score (nSPS) is 10.6. The van der Waals surface area contributed by atoms with Gasteiger partial charge in [0.05, 0.1) is 0 Å². The Morgan fingerprint density at radius 3 is 2.81 bits per heavy atom. The molecular weight excluding hydrogens is 200 g/mol. The van der Waals surface area contributed by atoms with Crippen molar-refractivity contribution in [3.05, 3.63) is 41.5 Å². The maximum Gasteiger partial charge on any atom is 0.251 e. The number of rotatable bonds is 4. The van der Waals surface area contributed by atoms with Crippen LogP contribution < -0.4 is 11.1 Å². The first kappa shape index (κ1) is 12.3. The summed E-state index contributed by atoms with van der Waals surface area (Å²) < 4.78 is 0. The van der Waals surface area contributed by atoms with Crippen molar-refractivity contribution in [2.75, 3.05) is 12.3 Å². The minimum atomic E-state index is -0.0695. The molecule has 0 aliphatic carbocycles. The zero-order chi connectivity index (χ0) is 12.0. The number of hydrogen-bond acceptors (Lipinski definition) is 2. The molecule has 0 spiro atoms. The van der Waals surface area contributed by atoms with Crippen molar-refractivity contribution in [2.24, 2.45) is 0 Å². The first-order chi connectivity index (χ1) is 7.63. The summed E-state index contributed by atoms with van der Waals surface area (Å²) in [4.78, 5) is 11.7. The van der Waals surface area contributed by atoms with Crippen LogP contribution in [0.2, 0.25) is 0 Å². The highest BCUT2D eigenvalue weighted by atomic mass is 16.1. The number of aryl methyl sites for hydroxylation is 1. The summed E-state index contributed by atoms with van der Waals surface area (Å²) in [5.74, 6) is -0.0695. The lowest BCUT2D eigenvalue weighted by atomic mass is 10.1. The zero-order valence-corrected chi connectivity index (χ0v) is 9.79. The molecule has 0 aliphatic heterocycles. The Bertz CT molecular complexity index is 377. The number of anilines is 1. The van der Waals surface area contributed by atoms with E-state index in [1.54, 1.807) is 6.07 Å². The van der Waals surface area contributed by atoms with E-state index >= 15 is 0 Å². The summed E-state index contributed by atoms with van der Waals surface area (Å²) in [5, 5.41) is 2.84. The number of allylic oxidation sites excluding steroid dienone is 1. The van der Waals surface area contributed by atoms with Crippen LogP contribution in [0.3, 0.4) is 0 Å². The SMILES string of the molecule is C/C=C/CCNC(=O)c1cc(C)cc(N)c1. The topological polar surface area (TPSA) is 55.1 Å². The molecule has 1 amide bonds. The monoisotopic (exact) mass is 218 g/mol. The first-order valence-corrected chi connectivity index (χ1v) is 5.40. The predicted molar refractivity (Wildman–Crippen MR) is 67.4 cm³/mol. The molecule has 0 saturated heterocycles. The van der Waals surface area contributed by atoms with Gasteiger partial charge in [-0.2, -0.15) is 0 Å². The van der Waals surface area contributed by atoms with Crippen LogP contribution in [0, 0.1) is 6.92 Å². The van der Waals surface area contributed by atoms with Crippen LogP contribution in [-0.4, -0.2) is 12.5 Å². The summed E-state index contributed by atoms with van der Waals surface area (Å²) in [5.41, 5.74) is 7.93. The fourth-order valence-electron chi connectivity index (χ4n) is 1.48. The lowest BCUT2D eigenvalue weighted by molar-refractivity contribution is 0.0954. The fourth-order valence-corrected chi connectivity index (χ4v) is 1.48. The Labute approximate surface area is 96.3 Å². The van der Waals surface area contributed by atoms with Crippen molar-refractivity contribution in [3.8, 4) is 0 Å². The van der Waals surface area contributed by atoms with Gasteiger partial charge in [-0.1, -0.05) is 12.2 Å². The summed E-state index contributed by atoms with van der Waals surface area (Å²) in [6.07, 6.45) is 4.84. The van der Waals surface area contributed by atoms with Gasteiger partial charge in [-0.05, 0) is 44.0 Å². The number of nitrogens with one attached hydrogen (secondary N) is 1. The molecule has 3 heteroatoms. The lowest BCUT2D eigenvalue weighted by Gasteiger charge is -2.05. The minimum Gasteiger partial charge on any atom is -0.399 e. The van der Waals surface area contributed by atoms with Crippen molar-refractivity contribution in [2.45, 2.75) is 20.3 Å². The number of amides is 1. The smallest absolute Gasteiger partial charge is 0.251 e. The summed E-state index contributed by atoms with van der Waals surface area (Å²) in [6.45, 7) is 4.53. The quantitative estimate of drug-likeness (QED) is 0.463. The standard InChI is InChI=1S/C13H18N2O/c1-3-4-5-6-15-13(16)11-7-10(2)8-12(14)9-11/h3-4,7-9H,5-6,14H2,1-2H3,(H,15,16)/b4-3+. The third kappa shape index (κ3) is 3.77. The van der Waals surface area contributed by atoms with Gasteiger partial charge >= 0.3 is 0 Å². The van der Waals surface area contributed by atoms with Crippen LogP contribution in [0.1, 0.15) is 29.3 Å². The fraction of sp³-hybridized carbons (Fsp3) is 0.308. The van der Waals surface area contributed by atoms with Gasteiger partial charge in [0.1, 0.15) is 0 Å². The van der Waals surface area contributed by atoms with E-state index in [2.05, 4.69) is 5.32 Å². The van der Waals surface area contributed by atoms with Crippen LogP contribution in [-0.2, 0) is 0 Å². The van der Waals surface area contributed by atoms with Gasteiger partial charge < -0.3 is 11.1 Å². The van der Waals surface area contributed by atoms with Crippen LogP contribution in [0.15, 0.2) is 30.4 Å². The van der Waals surface area contributed by atoms with Gasteiger partial charge in [0.15, 0.2) is 0 Å². The molecule has 1 rings (SSSR count). The molecule has 0 fully saturated rings. The molecule has 0 unspecified atom stereocenters. The molecule has 1 aromatic rings. The van der Waals surface area contributed by atoms with Crippen molar-refractivity contribution in [1.29, 1.82) is 0 Å². The molecule has 0 bridgehead atoms. The van der Waals surface area contributed by atoms with Gasteiger partial charge in [-0.25, -0.2) is 0 Å². The van der Waals surface area contributed by atoms with Crippen molar-refractivity contribution < 1.29 is 4.79 Å². The molecule has 3 N–H and O–H groups in total. The van der Waals surface area contributed by atoms with E-state index in [1.165, 1.54) is 0 Å².